The number of rotatable bonds is 9. The molecule has 0 unspecified atom stereocenters. The van der Waals surface area contributed by atoms with E-state index in [4.69, 9.17) is 22.1 Å². The molecule has 1 aromatic heterocycles. The molecule has 2 amide bonds. The van der Waals surface area contributed by atoms with E-state index in [9.17, 15) is 18.4 Å². The first-order valence-corrected chi connectivity index (χ1v) is 12.0. The number of amides is 2. The molecule has 0 aliphatic carbocycles. The van der Waals surface area contributed by atoms with Crippen LogP contribution < -0.4 is 15.8 Å². The quantitative estimate of drug-likeness (QED) is 0.312. The standard InChI is InChI=1S/C27H25ClF2N4O3/c28-22-14-21(19-4-6-20(7-5-19)26(36)34-16-27(29,30)17-34)8-9-23(22)37-13-1-12-32-25(35)11-3-18-2-10-24(31)33-15-18/h2-11,14-15H,1,12-13,16-17H2,(H2,31,33)(H,32,35). The number of benzene rings is 2. The van der Waals surface area contributed by atoms with Gasteiger partial charge >= 0.3 is 0 Å². The van der Waals surface area contributed by atoms with E-state index in [0.29, 0.717) is 41.7 Å². The zero-order chi connectivity index (χ0) is 26.4. The molecular weight excluding hydrogens is 502 g/mol. The van der Waals surface area contributed by atoms with E-state index >= 15 is 0 Å². The van der Waals surface area contributed by atoms with Crippen molar-refractivity contribution in [3.63, 3.8) is 0 Å². The zero-order valence-corrected chi connectivity index (χ0v) is 20.6. The third-order valence-electron chi connectivity index (χ3n) is 5.64. The lowest BCUT2D eigenvalue weighted by molar-refractivity contribution is -0.116. The number of carbonyl (C=O) groups excluding carboxylic acids is 2. The Bertz CT molecular complexity index is 1290. The first kappa shape index (κ1) is 26.1. The summed E-state index contributed by atoms with van der Waals surface area (Å²) in [7, 11) is 0. The molecule has 37 heavy (non-hydrogen) atoms. The molecule has 1 aliphatic heterocycles. The third-order valence-corrected chi connectivity index (χ3v) is 5.94. The summed E-state index contributed by atoms with van der Waals surface area (Å²) < 4.78 is 31.8. The van der Waals surface area contributed by atoms with Crippen LogP contribution in [0.25, 0.3) is 17.2 Å². The second-order valence-corrected chi connectivity index (χ2v) is 8.99. The number of nitrogens with one attached hydrogen (secondary N) is 1. The van der Waals surface area contributed by atoms with Gasteiger partial charge in [-0.3, -0.25) is 9.59 Å². The molecule has 0 bridgehead atoms. The van der Waals surface area contributed by atoms with Gasteiger partial charge in [-0.2, -0.15) is 0 Å². The van der Waals surface area contributed by atoms with E-state index in [0.717, 1.165) is 21.6 Å². The van der Waals surface area contributed by atoms with Crippen LogP contribution in [0.3, 0.4) is 0 Å². The second kappa shape index (κ2) is 11.4. The Hall–Kier alpha value is -3.98. The normalized spacial score (nSPS) is 14.3. The molecule has 0 radical (unpaired) electrons. The van der Waals surface area contributed by atoms with Gasteiger partial charge in [0.1, 0.15) is 11.6 Å². The fourth-order valence-corrected chi connectivity index (χ4v) is 3.89. The number of ether oxygens (including phenoxy) is 1. The maximum Gasteiger partial charge on any atom is 0.282 e. The predicted molar refractivity (Wildman–Crippen MR) is 139 cm³/mol. The number of carbonyl (C=O) groups is 2. The van der Waals surface area contributed by atoms with Gasteiger partial charge in [-0.25, -0.2) is 13.8 Å². The van der Waals surface area contributed by atoms with Crippen LogP contribution in [0.15, 0.2) is 66.9 Å². The first-order valence-electron chi connectivity index (χ1n) is 11.6. The highest BCUT2D eigenvalue weighted by atomic mass is 35.5. The van der Waals surface area contributed by atoms with Gasteiger partial charge < -0.3 is 20.7 Å². The summed E-state index contributed by atoms with van der Waals surface area (Å²) in [4.78, 5) is 29.3. The molecule has 3 N–H and O–H groups in total. The van der Waals surface area contributed by atoms with Crippen molar-refractivity contribution >= 4 is 35.3 Å². The van der Waals surface area contributed by atoms with Crippen LogP contribution in [0.4, 0.5) is 14.6 Å². The van der Waals surface area contributed by atoms with E-state index in [2.05, 4.69) is 10.3 Å². The number of nitrogens with zero attached hydrogens (tertiary/aromatic N) is 2. The number of likely N-dealkylation sites (tertiary alicyclic amines) is 1. The largest absolute Gasteiger partial charge is 0.492 e. The van der Waals surface area contributed by atoms with Gasteiger partial charge in [-0.1, -0.05) is 29.8 Å². The van der Waals surface area contributed by atoms with E-state index in [-0.39, 0.29) is 5.91 Å². The Morgan fingerprint density at radius 1 is 1.11 bits per heavy atom. The maximum absolute atomic E-state index is 13.0. The van der Waals surface area contributed by atoms with Gasteiger partial charge in [-0.15, -0.1) is 0 Å². The SMILES string of the molecule is Nc1ccc(C=CC(=O)NCCCOc2ccc(-c3ccc(C(=O)N4CC(F)(F)C4)cc3)cc2Cl)cn1. The molecule has 4 rings (SSSR count). The van der Waals surface area contributed by atoms with Crippen LogP contribution in [-0.4, -0.2) is 53.9 Å². The maximum atomic E-state index is 13.0. The van der Waals surface area contributed by atoms with Crippen LogP contribution in [0.2, 0.25) is 5.02 Å². The number of nitrogens with two attached hydrogens (primary N) is 1. The molecule has 2 heterocycles. The molecule has 1 saturated heterocycles. The van der Waals surface area contributed by atoms with Crippen molar-refractivity contribution < 1.29 is 23.1 Å². The molecule has 1 fully saturated rings. The summed E-state index contributed by atoms with van der Waals surface area (Å²) in [5, 5.41) is 3.20. The number of pyridine rings is 1. The summed E-state index contributed by atoms with van der Waals surface area (Å²) in [6.07, 6.45) is 5.24. The number of anilines is 1. The third kappa shape index (κ3) is 7.04. The molecule has 0 spiro atoms. The first-order chi connectivity index (χ1) is 17.7. The van der Waals surface area contributed by atoms with E-state index in [1.165, 1.54) is 6.08 Å². The fraction of sp³-hybridized carbons (Fsp3) is 0.222. The average Bonchev–Trinajstić information content (AvgIpc) is 2.87. The number of halogens is 3. The van der Waals surface area contributed by atoms with Gasteiger partial charge in [0.25, 0.3) is 11.8 Å². The molecule has 192 valence electrons. The predicted octanol–water partition coefficient (Wildman–Crippen LogP) is 4.67. The van der Waals surface area contributed by atoms with Crippen LogP contribution in [0.1, 0.15) is 22.3 Å². The summed E-state index contributed by atoms with van der Waals surface area (Å²) in [5.74, 6) is -2.50. The summed E-state index contributed by atoms with van der Waals surface area (Å²) in [6.45, 7) is -0.302. The summed E-state index contributed by atoms with van der Waals surface area (Å²) >= 11 is 6.38. The average molecular weight is 527 g/mol. The number of hydrogen-bond acceptors (Lipinski definition) is 5. The van der Waals surface area contributed by atoms with Crippen molar-refractivity contribution in [2.45, 2.75) is 12.3 Å². The Labute approximate surface area is 217 Å². The molecule has 10 heteroatoms. The minimum Gasteiger partial charge on any atom is -0.492 e. The highest BCUT2D eigenvalue weighted by Gasteiger charge is 2.46. The Morgan fingerprint density at radius 3 is 2.49 bits per heavy atom. The highest BCUT2D eigenvalue weighted by molar-refractivity contribution is 6.32. The molecule has 7 nitrogen and oxygen atoms in total. The van der Waals surface area contributed by atoms with Crippen molar-refractivity contribution in [3.05, 3.63) is 83.0 Å². The lowest BCUT2D eigenvalue weighted by Gasteiger charge is -2.38. The van der Waals surface area contributed by atoms with Crippen LogP contribution >= 0.6 is 11.6 Å². The smallest absolute Gasteiger partial charge is 0.282 e. The molecule has 2 aromatic carbocycles. The van der Waals surface area contributed by atoms with Crippen molar-refractivity contribution in [1.82, 2.24) is 15.2 Å². The van der Waals surface area contributed by atoms with Crippen molar-refractivity contribution in [2.75, 3.05) is 32.0 Å². The van der Waals surface area contributed by atoms with Crippen molar-refractivity contribution in [2.24, 2.45) is 0 Å². The highest BCUT2D eigenvalue weighted by Crippen LogP contribution is 2.32. The van der Waals surface area contributed by atoms with Gasteiger partial charge in [0.05, 0.1) is 24.7 Å². The molecular formula is C27H25ClF2N4O3. The van der Waals surface area contributed by atoms with E-state index in [1.807, 2.05) is 6.07 Å². The van der Waals surface area contributed by atoms with E-state index < -0.39 is 24.9 Å². The molecule has 0 atom stereocenters. The van der Waals surface area contributed by atoms with Crippen LogP contribution in [-0.2, 0) is 4.79 Å². The van der Waals surface area contributed by atoms with Crippen molar-refractivity contribution in [1.29, 1.82) is 0 Å². The number of aromatic nitrogens is 1. The van der Waals surface area contributed by atoms with Gasteiger partial charge in [0.15, 0.2) is 0 Å². The Balaban J connectivity index is 1.22. The number of nitrogen functional groups attached to an aromatic ring is 1. The lowest BCUT2D eigenvalue weighted by Crippen LogP contribution is -2.58. The minimum atomic E-state index is -2.79. The second-order valence-electron chi connectivity index (χ2n) is 8.58. The number of alkyl halides is 2. The Kier molecular flexibility index (Phi) is 8.03. The fourth-order valence-electron chi connectivity index (χ4n) is 3.65. The molecule has 3 aromatic rings. The zero-order valence-electron chi connectivity index (χ0n) is 19.8. The summed E-state index contributed by atoms with van der Waals surface area (Å²) in [6, 6.07) is 15.5. The molecule has 1 aliphatic rings. The van der Waals surface area contributed by atoms with E-state index in [1.54, 1.807) is 60.8 Å². The van der Waals surface area contributed by atoms with Crippen LogP contribution in [0.5, 0.6) is 5.75 Å². The lowest BCUT2D eigenvalue weighted by atomic mass is 10.0. The summed E-state index contributed by atoms with van der Waals surface area (Å²) in [5.41, 5.74) is 8.31. The van der Waals surface area contributed by atoms with Crippen molar-refractivity contribution in [3.8, 4) is 16.9 Å². The van der Waals surface area contributed by atoms with Gasteiger partial charge in [0, 0.05) is 24.4 Å². The Morgan fingerprint density at radius 2 is 1.84 bits per heavy atom. The minimum absolute atomic E-state index is 0.227. The molecule has 0 saturated carbocycles. The van der Waals surface area contributed by atoms with Crippen LogP contribution in [0, 0.1) is 0 Å². The van der Waals surface area contributed by atoms with Gasteiger partial charge in [-0.05, 0) is 65.6 Å². The van der Waals surface area contributed by atoms with Gasteiger partial charge in [0.2, 0.25) is 5.91 Å². The number of hydrogen-bond donors (Lipinski definition) is 2. The monoisotopic (exact) mass is 526 g/mol. The topological polar surface area (TPSA) is 97.6 Å².